The Morgan fingerprint density at radius 2 is 2.10 bits per heavy atom. The van der Waals surface area contributed by atoms with Crippen molar-refractivity contribution >= 4 is 22.6 Å². The van der Waals surface area contributed by atoms with Gasteiger partial charge in [-0.15, -0.1) is 0 Å². The molecule has 5 nitrogen and oxygen atoms in total. The molecule has 0 spiro atoms. The lowest BCUT2D eigenvalue weighted by Gasteiger charge is -2.27. The highest BCUT2D eigenvalue weighted by atomic mass is 16.5. The van der Waals surface area contributed by atoms with Gasteiger partial charge in [-0.25, -0.2) is 4.98 Å². The fraction of sp³-hybridized carbons (Fsp3) is 0.375. The highest BCUT2D eigenvalue weighted by molar-refractivity contribution is 5.98. The second-order valence-electron chi connectivity index (χ2n) is 5.04. The van der Waals surface area contributed by atoms with Crippen molar-refractivity contribution in [3.8, 4) is 0 Å². The molecule has 1 fully saturated rings. The molecule has 1 amide bonds. The van der Waals surface area contributed by atoms with E-state index < -0.39 is 0 Å². The molecule has 1 aliphatic heterocycles. The molecule has 0 saturated carbocycles. The van der Waals surface area contributed by atoms with Gasteiger partial charge in [-0.3, -0.25) is 4.79 Å². The normalized spacial score (nSPS) is 15.2. The number of rotatable bonds is 3. The first-order chi connectivity index (χ1) is 10.3. The number of fused-ring (bicyclic) bond motifs is 1. The lowest BCUT2D eigenvalue weighted by Crippen LogP contribution is -2.36. The van der Waals surface area contributed by atoms with Crippen LogP contribution in [0.15, 0.2) is 30.3 Å². The van der Waals surface area contributed by atoms with Gasteiger partial charge in [0.05, 0.1) is 18.7 Å². The largest absolute Gasteiger partial charge is 0.378 e. The van der Waals surface area contributed by atoms with E-state index >= 15 is 0 Å². The first-order valence-corrected chi connectivity index (χ1v) is 7.29. The average Bonchev–Trinajstić information content (AvgIpc) is 2.55. The molecule has 2 aromatic rings. The summed E-state index contributed by atoms with van der Waals surface area (Å²) in [7, 11) is 0. The van der Waals surface area contributed by atoms with Crippen LogP contribution in [-0.4, -0.2) is 43.7 Å². The molecule has 1 aromatic heterocycles. The SMILES string of the molecule is CCNC(=O)c1ccc2nc(N3CCOCC3)ccc2c1. The molecule has 1 N–H and O–H groups in total. The molecule has 110 valence electrons. The Balaban J connectivity index is 1.88. The fourth-order valence-electron chi connectivity index (χ4n) is 2.49. The Labute approximate surface area is 123 Å². The van der Waals surface area contributed by atoms with Gasteiger partial charge in [0, 0.05) is 30.6 Å². The van der Waals surface area contributed by atoms with Gasteiger partial charge in [0.2, 0.25) is 0 Å². The van der Waals surface area contributed by atoms with Crippen LogP contribution in [0.2, 0.25) is 0 Å². The number of ether oxygens (including phenoxy) is 1. The van der Waals surface area contributed by atoms with Crippen molar-refractivity contribution in [3.05, 3.63) is 35.9 Å². The number of hydrogen-bond acceptors (Lipinski definition) is 4. The van der Waals surface area contributed by atoms with Crippen molar-refractivity contribution in [2.75, 3.05) is 37.7 Å². The van der Waals surface area contributed by atoms with Gasteiger partial charge in [-0.1, -0.05) is 0 Å². The minimum Gasteiger partial charge on any atom is -0.378 e. The van der Waals surface area contributed by atoms with Crippen LogP contribution in [0.1, 0.15) is 17.3 Å². The molecule has 2 heterocycles. The van der Waals surface area contributed by atoms with Crippen LogP contribution in [0.5, 0.6) is 0 Å². The third-order valence-electron chi connectivity index (χ3n) is 3.61. The van der Waals surface area contributed by atoms with E-state index in [0.717, 1.165) is 43.0 Å². The molecule has 0 radical (unpaired) electrons. The summed E-state index contributed by atoms with van der Waals surface area (Å²) in [6.07, 6.45) is 0. The van der Waals surface area contributed by atoms with Gasteiger partial charge < -0.3 is 15.0 Å². The Morgan fingerprint density at radius 1 is 1.29 bits per heavy atom. The molecule has 0 aliphatic carbocycles. The van der Waals surface area contributed by atoms with Gasteiger partial charge in [-0.2, -0.15) is 0 Å². The zero-order chi connectivity index (χ0) is 14.7. The number of pyridine rings is 1. The van der Waals surface area contributed by atoms with E-state index in [0.29, 0.717) is 12.1 Å². The second kappa shape index (κ2) is 6.10. The Hall–Kier alpha value is -2.14. The van der Waals surface area contributed by atoms with Crippen molar-refractivity contribution in [3.63, 3.8) is 0 Å². The standard InChI is InChI=1S/C16H19N3O2/c1-2-17-16(20)13-3-5-14-12(11-13)4-6-15(18-14)19-7-9-21-10-8-19/h3-6,11H,2,7-10H2,1H3,(H,17,20). The van der Waals surface area contributed by atoms with Crippen LogP contribution in [-0.2, 0) is 4.74 Å². The maximum Gasteiger partial charge on any atom is 0.251 e. The molecule has 1 aliphatic rings. The molecule has 0 atom stereocenters. The van der Waals surface area contributed by atoms with Crippen LogP contribution in [0.4, 0.5) is 5.82 Å². The molecule has 0 bridgehead atoms. The number of carbonyl (C=O) groups is 1. The second-order valence-corrected chi connectivity index (χ2v) is 5.04. The number of benzene rings is 1. The summed E-state index contributed by atoms with van der Waals surface area (Å²) in [6, 6.07) is 9.65. The first kappa shape index (κ1) is 13.8. The molecule has 5 heteroatoms. The van der Waals surface area contributed by atoms with Crippen LogP contribution < -0.4 is 10.2 Å². The van der Waals surface area contributed by atoms with Crippen molar-refractivity contribution in [1.29, 1.82) is 0 Å². The predicted molar refractivity (Wildman–Crippen MR) is 82.8 cm³/mol. The molecular weight excluding hydrogens is 266 g/mol. The van der Waals surface area contributed by atoms with Gasteiger partial charge >= 0.3 is 0 Å². The van der Waals surface area contributed by atoms with Gasteiger partial charge in [-0.05, 0) is 37.3 Å². The monoisotopic (exact) mass is 285 g/mol. The number of aromatic nitrogens is 1. The number of nitrogens with zero attached hydrogens (tertiary/aromatic N) is 2. The van der Waals surface area contributed by atoms with E-state index in [9.17, 15) is 4.79 Å². The topological polar surface area (TPSA) is 54.5 Å². The van der Waals surface area contributed by atoms with Gasteiger partial charge in [0.1, 0.15) is 5.82 Å². The summed E-state index contributed by atoms with van der Waals surface area (Å²) in [6.45, 7) is 5.77. The third-order valence-corrected chi connectivity index (χ3v) is 3.61. The number of anilines is 1. The van der Waals surface area contributed by atoms with E-state index in [4.69, 9.17) is 4.74 Å². The van der Waals surface area contributed by atoms with Gasteiger partial charge in [0.15, 0.2) is 0 Å². The minimum atomic E-state index is -0.0448. The lowest BCUT2D eigenvalue weighted by molar-refractivity contribution is 0.0956. The summed E-state index contributed by atoms with van der Waals surface area (Å²) >= 11 is 0. The van der Waals surface area contributed by atoms with Crippen molar-refractivity contribution in [2.24, 2.45) is 0 Å². The lowest BCUT2D eigenvalue weighted by atomic mass is 10.1. The molecule has 21 heavy (non-hydrogen) atoms. The van der Waals surface area contributed by atoms with Crippen molar-refractivity contribution in [2.45, 2.75) is 6.92 Å². The maximum atomic E-state index is 11.8. The molecular formula is C16H19N3O2. The Bertz CT molecular complexity index is 651. The van der Waals surface area contributed by atoms with Crippen molar-refractivity contribution < 1.29 is 9.53 Å². The molecule has 1 aromatic carbocycles. The number of amides is 1. The summed E-state index contributed by atoms with van der Waals surface area (Å²) in [5.74, 6) is 0.924. The maximum absolute atomic E-state index is 11.8. The minimum absolute atomic E-state index is 0.0448. The van der Waals surface area contributed by atoms with Crippen LogP contribution in [0, 0.1) is 0 Å². The van der Waals surface area contributed by atoms with E-state index in [-0.39, 0.29) is 5.91 Å². The zero-order valence-corrected chi connectivity index (χ0v) is 12.1. The number of nitrogens with one attached hydrogen (secondary N) is 1. The first-order valence-electron chi connectivity index (χ1n) is 7.29. The average molecular weight is 285 g/mol. The van der Waals surface area contributed by atoms with E-state index in [1.807, 2.05) is 37.3 Å². The van der Waals surface area contributed by atoms with Crippen LogP contribution in [0.3, 0.4) is 0 Å². The van der Waals surface area contributed by atoms with Gasteiger partial charge in [0.25, 0.3) is 5.91 Å². The Kier molecular flexibility index (Phi) is 4.01. The molecule has 3 rings (SSSR count). The summed E-state index contributed by atoms with van der Waals surface area (Å²) < 4.78 is 5.36. The highest BCUT2D eigenvalue weighted by Crippen LogP contribution is 2.20. The molecule has 0 unspecified atom stereocenters. The number of hydrogen-bond donors (Lipinski definition) is 1. The Morgan fingerprint density at radius 3 is 2.86 bits per heavy atom. The summed E-state index contributed by atoms with van der Waals surface area (Å²) in [4.78, 5) is 18.8. The summed E-state index contributed by atoms with van der Waals surface area (Å²) in [5, 5.41) is 3.79. The van der Waals surface area contributed by atoms with Crippen molar-refractivity contribution in [1.82, 2.24) is 10.3 Å². The van der Waals surface area contributed by atoms with Crippen LogP contribution >= 0.6 is 0 Å². The smallest absolute Gasteiger partial charge is 0.251 e. The zero-order valence-electron chi connectivity index (χ0n) is 12.1. The third kappa shape index (κ3) is 2.97. The van der Waals surface area contributed by atoms with Crippen LogP contribution in [0.25, 0.3) is 10.9 Å². The summed E-state index contributed by atoms with van der Waals surface area (Å²) in [5.41, 5.74) is 1.58. The number of morpholine rings is 1. The predicted octanol–water partition coefficient (Wildman–Crippen LogP) is 1.82. The van der Waals surface area contributed by atoms with E-state index in [1.165, 1.54) is 0 Å². The highest BCUT2D eigenvalue weighted by Gasteiger charge is 2.13. The van der Waals surface area contributed by atoms with E-state index in [2.05, 4.69) is 15.2 Å². The fourth-order valence-corrected chi connectivity index (χ4v) is 2.49. The quantitative estimate of drug-likeness (QED) is 0.934. The number of carbonyl (C=O) groups excluding carboxylic acids is 1. The van der Waals surface area contributed by atoms with E-state index in [1.54, 1.807) is 0 Å². The molecule has 1 saturated heterocycles.